The lowest BCUT2D eigenvalue weighted by atomic mass is 9.93. The zero-order valence-corrected chi connectivity index (χ0v) is 11.7. The van der Waals surface area contributed by atoms with Crippen LogP contribution < -0.4 is 0 Å². The van der Waals surface area contributed by atoms with Crippen LogP contribution in [0.5, 0.6) is 0 Å². The molecule has 2 aromatic rings. The summed E-state index contributed by atoms with van der Waals surface area (Å²) in [6.45, 7) is 4.01. The van der Waals surface area contributed by atoms with Crippen molar-refractivity contribution >= 4 is 5.97 Å². The first-order valence-electron chi connectivity index (χ1n) is 6.78. The van der Waals surface area contributed by atoms with Gasteiger partial charge >= 0.3 is 5.97 Å². The van der Waals surface area contributed by atoms with Crippen LogP contribution in [0.3, 0.4) is 0 Å². The zero-order valence-electron chi connectivity index (χ0n) is 11.7. The van der Waals surface area contributed by atoms with E-state index in [1.54, 1.807) is 6.08 Å². The van der Waals surface area contributed by atoms with E-state index in [0.29, 0.717) is 0 Å². The Balaban J connectivity index is 2.14. The van der Waals surface area contributed by atoms with Crippen LogP contribution in [0.4, 0.5) is 0 Å². The second kappa shape index (κ2) is 7.41. The molecule has 21 heavy (non-hydrogen) atoms. The van der Waals surface area contributed by atoms with Crippen LogP contribution >= 0.6 is 0 Å². The lowest BCUT2D eigenvalue weighted by Crippen LogP contribution is -2.30. The van der Waals surface area contributed by atoms with Gasteiger partial charge in [-0.1, -0.05) is 66.7 Å². The quantitative estimate of drug-likeness (QED) is 0.789. The second-order valence-electron chi connectivity index (χ2n) is 4.73. The summed E-state index contributed by atoms with van der Waals surface area (Å²) in [5, 5.41) is 9.44. The van der Waals surface area contributed by atoms with E-state index in [0.717, 1.165) is 11.1 Å². The fraction of sp³-hybridized carbons (Fsp3) is 0.167. The third-order valence-electron chi connectivity index (χ3n) is 3.28. The largest absolute Gasteiger partial charge is 0.479 e. The highest BCUT2D eigenvalue weighted by Gasteiger charge is 2.28. The summed E-state index contributed by atoms with van der Waals surface area (Å²) >= 11 is 0. The average molecular weight is 282 g/mol. The highest BCUT2D eigenvalue weighted by atomic mass is 16.5. The van der Waals surface area contributed by atoms with E-state index in [4.69, 9.17) is 4.74 Å². The summed E-state index contributed by atoms with van der Waals surface area (Å²) in [6.07, 6.45) is 0.671. The maximum Gasteiger partial charge on any atom is 0.333 e. The fourth-order valence-corrected chi connectivity index (χ4v) is 2.20. The van der Waals surface area contributed by atoms with Crippen molar-refractivity contribution in [2.45, 2.75) is 18.6 Å². The van der Waals surface area contributed by atoms with Gasteiger partial charge in [0.1, 0.15) is 0 Å². The molecule has 0 spiro atoms. The Bertz CT molecular complexity index is 578. The summed E-state index contributed by atoms with van der Waals surface area (Å²) in [6, 6.07) is 18.9. The Morgan fingerprint density at radius 3 is 2.19 bits per heavy atom. The SMILES string of the molecule is C=CC(c1ccccc1)C(OCc1ccccc1)C(=O)O. The minimum atomic E-state index is -0.986. The van der Waals surface area contributed by atoms with Crippen molar-refractivity contribution in [3.05, 3.63) is 84.4 Å². The fourth-order valence-electron chi connectivity index (χ4n) is 2.20. The third kappa shape index (κ3) is 4.04. The predicted molar refractivity (Wildman–Crippen MR) is 82.0 cm³/mol. The number of carboxylic acid groups (broad SMARTS) is 1. The molecule has 108 valence electrons. The van der Waals surface area contributed by atoms with Crippen LogP contribution in [0.1, 0.15) is 17.0 Å². The Kier molecular flexibility index (Phi) is 5.29. The van der Waals surface area contributed by atoms with E-state index in [1.165, 1.54) is 0 Å². The van der Waals surface area contributed by atoms with Gasteiger partial charge in [0.25, 0.3) is 0 Å². The normalized spacial score (nSPS) is 13.3. The van der Waals surface area contributed by atoms with E-state index in [9.17, 15) is 9.90 Å². The zero-order chi connectivity index (χ0) is 15.1. The number of hydrogen-bond donors (Lipinski definition) is 1. The Morgan fingerprint density at radius 2 is 1.67 bits per heavy atom. The Hall–Kier alpha value is -2.39. The minimum absolute atomic E-state index is 0.259. The molecule has 0 aliphatic carbocycles. The molecule has 1 N–H and O–H groups in total. The number of carboxylic acids is 1. The van der Waals surface area contributed by atoms with Crippen molar-refractivity contribution in [2.24, 2.45) is 0 Å². The summed E-state index contributed by atoms with van der Waals surface area (Å²) in [7, 11) is 0. The van der Waals surface area contributed by atoms with Crippen LogP contribution in [-0.2, 0) is 16.1 Å². The van der Waals surface area contributed by atoms with Gasteiger partial charge in [-0.25, -0.2) is 4.79 Å². The molecule has 2 unspecified atom stereocenters. The van der Waals surface area contributed by atoms with Gasteiger partial charge in [0.05, 0.1) is 6.61 Å². The molecule has 0 aliphatic rings. The van der Waals surface area contributed by atoms with Crippen molar-refractivity contribution in [1.29, 1.82) is 0 Å². The van der Waals surface area contributed by atoms with Gasteiger partial charge in [0, 0.05) is 5.92 Å². The number of carbonyl (C=O) groups is 1. The number of ether oxygens (including phenoxy) is 1. The van der Waals surface area contributed by atoms with E-state index in [1.807, 2.05) is 60.7 Å². The lowest BCUT2D eigenvalue weighted by Gasteiger charge is -2.22. The topological polar surface area (TPSA) is 46.5 Å². The van der Waals surface area contributed by atoms with E-state index >= 15 is 0 Å². The third-order valence-corrected chi connectivity index (χ3v) is 3.28. The van der Waals surface area contributed by atoms with Gasteiger partial charge in [-0.3, -0.25) is 0 Å². The molecule has 0 fully saturated rings. The molecule has 3 nitrogen and oxygen atoms in total. The maximum absolute atomic E-state index is 11.5. The van der Waals surface area contributed by atoms with Crippen molar-refractivity contribution in [2.75, 3.05) is 0 Å². The monoisotopic (exact) mass is 282 g/mol. The molecule has 0 aliphatic heterocycles. The van der Waals surface area contributed by atoms with Crippen LogP contribution in [0.25, 0.3) is 0 Å². The first kappa shape index (κ1) is 15.0. The van der Waals surface area contributed by atoms with Gasteiger partial charge in [0.2, 0.25) is 0 Å². The van der Waals surface area contributed by atoms with Crippen LogP contribution in [-0.4, -0.2) is 17.2 Å². The van der Waals surface area contributed by atoms with Crippen molar-refractivity contribution in [3.63, 3.8) is 0 Å². The smallest absolute Gasteiger partial charge is 0.333 e. The van der Waals surface area contributed by atoms with Gasteiger partial charge in [-0.05, 0) is 11.1 Å². The summed E-state index contributed by atoms with van der Waals surface area (Å²) < 4.78 is 5.63. The molecule has 2 atom stereocenters. The Labute approximate surface area is 124 Å². The average Bonchev–Trinajstić information content (AvgIpc) is 2.53. The molecule has 2 aromatic carbocycles. The molecular weight excluding hydrogens is 264 g/mol. The van der Waals surface area contributed by atoms with Crippen LogP contribution in [0.15, 0.2) is 73.3 Å². The van der Waals surface area contributed by atoms with Crippen molar-refractivity contribution < 1.29 is 14.6 Å². The standard InChI is InChI=1S/C18H18O3/c1-2-16(15-11-7-4-8-12-15)17(18(19)20)21-13-14-9-5-3-6-10-14/h2-12,16-17H,1,13H2,(H,19,20). The van der Waals surface area contributed by atoms with E-state index in [-0.39, 0.29) is 12.5 Å². The molecule has 3 heteroatoms. The molecule has 0 bridgehead atoms. The van der Waals surface area contributed by atoms with E-state index in [2.05, 4.69) is 6.58 Å². The van der Waals surface area contributed by atoms with Crippen molar-refractivity contribution in [1.82, 2.24) is 0 Å². The van der Waals surface area contributed by atoms with Gasteiger partial charge < -0.3 is 9.84 Å². The molecule has 0 aromatic heterocycles. The lowest BCUT2D eigenvalue weighted by molar-refractivity contribution is -0.152. The Morgan fingerprint density at radius 1 is 1.10 bits per heavy atom. The number of benzene rings is 2. The minimum Gasteiger partial charge on any atom is -0.479 e. The highest BCUT2D eigenvalue weighted by molar-refractivity contribution is 5.74. The maximum atomic E-state index is 11.5. The molecule has 0 saturated heterocycles. The van der Waals surface area contributed by atoms with Gasteiger partial charge in [-0.2, -0.15) is 0 Å². The molecule has 0 radical (unpaired) electrons. The molecule has 0 saturated carbocycles. The van der Waals surface area contributed by atoms with Gasteiger partial charge in [0.15, 0.2) is 6.10 Å². The van der Waals surface area contributed by atoms with Gasteiger partial charge in [-0.15, -0.1) is 6.58 Å². The summed E-state index contributed by atoms with van der Waals surface area (Å²) in [5.41, 5.74) is 1.83. The van der Waals surface area contributed by atoms with Crippen LogP contribution in [0.2, 0.25) is 0 Å². The second-order valence-corrected chi connectivity index (χ2v) is 4.73. The highest BCUT2D eigenvalue weighted by Crippen LogP contribution is 2.24. The molecule has 0 heterocycles. The number of aliphatic carboxylic acids is 1. The first-order valence-corrected chi connectivity index (χ1v) is 6.78. The predicted octanol–water partition coefficient (Wildman–Crippen LogP) is 3.63. The number of rotatable bonds is 7. The molecular formula is C18H18O3. The first-order chi connectivity index (χ1) is 10.2. The summed E-state index contributed by atoms with van der Waals surface area (Å²) in [4.78, 5) is 11.5. The molecule has 2 rings (SSSR count). The summed E-state index contributed by atoms with van der Waals surface area (Å²) in [5.74, 6) is -1.37. The van der Waals surface area contributed by atoms with Crippen molar-refractivity contribution in [3.8, 4) is 0 Å². The molecule has 0 amide bonds. The number of hydrogen-bond acceptors (Lipinski definition) is 2. The van der Waals surface area contributed by atoms with E-state index < -0.39 is 12.1 Å². The van der Waals surface area contributed by atoms with Crippen LogP contribution in [0, 0.1) is 0 Å².